The first-order chi connectivity index (χ1) is 7.98. The number of carbonyl (C=O) groups is 1. The SMILES string of the molecule is CC(C)n1ccc(CC2(O)CCC(=O)CC2)n1. The molecule has 4 nitrogen and oxygen atoms in total. The predicted molar refractivity (Wildman–Crippen MR) is 64.7 cm³/mol. The number of rotatable bonds is 3. The number of aromatic nitrogens is 2. The maximum absolute atomic E-state index is 11.2. The Morgan fingerprint density at radius 2 is 2.12 bits per heavy atom. The number of Topliss-reactive ketones (excluding diaryl/α,β-unsaturated/α-hetero) is 1. The van der Waals surface area contributed by atoms with E-state index in [-0.39, 0.29) is 5.78 Å². The first-order valence-corrected chi connectivity index (χ1v) is 6.27. The molecule has 0 aromatic carbocycles. The van der Waals surface area contributed by atoms with Crippen molar-refractivity contribution in [2.24, 2.45) is 0 Å². The van der Waals surface area contributed by atoms with Crippen LogP contribution in [0.3, 0.4) is 0 Å². The minimum Gasteiger partial charge on any atom is -0.389 e. The zero-order valence-corrected chi connectivity index (χ0v) is 10.5. The van der Waals surface area contributed by atoms with Crippen molar-refractivity contribution in [3.63, 3.8) is 0 Å². The molecule has 0 unspecified atom stereocenters. The third-order valence-electron chi connectivity index (χ3n) is 3.44. The lowest BCUT2D eigenvalue weighted by molar-refractivity contribution is -0.125. The van der Waals surface area contributed by atoms with Gasteiger partial charge in [0.2, 0.25) is 0 Å². The fourth-order valence-electron chi connectivity index (χ4n) is 2.27. The average Bonchev–Trinajstić information content (AvgIpc) is 2.71. The van der Waals surface area contributed by atoms with E-state index in [1.165, 1.54) is 0 Å². The third-order valence-corrected chi connectivity index (χ3v) is 3.44. The van der Waals surface area contributed by atoms with Gasteiger partial charge in [0, 0.05) is 31.5 Å². The summed E-state index contributed by atoms with van der Waals surface area (Å²) in [6.45, 7) is 4.15. The van der Waals surface area contributed by atoms with Crippen LogP contribution < -0.4 is 0 Å². The first-order valence-electron chi connectivity index (χ1n) is 6.27. The second kappa shape index (κ2) is 4.61. The smallest absolute Gasteiger partial charge is 0.133 e. The van der Waals surface area contributed by atoms with Crippen LogP contribution in [-0.4, -0.2) is 26.3 Å². The molecule has 0 bridgehead atoms. The molecule has 94 valence electrons. The molecule has 0 saturated heterocycles. The molecule has 1 aliphatic rings. The molecular formula is C13H20N2O2. The fraction of sp³-hybridized carbons (Fsp3) is 0.692. The molecule has 0 spiro atoms. The average molecular weight is 236 g/mol. The van der Waals surface area contributed by atoms with Crippen LogP contribution in [-0.2, 0) is 11.2 Å². The number of hydrogen-bond acceptors (Lipinski definition) is 3. The maximum Gasteiger partial charge on any atom is 0.133 e. The van der Waals surface area contributed by atoms with E-state index in [0.717, 1.165) is 5.69 Å². The quantitative estimate of drug-likeness (QED) is 0.871. The van der Waals surface area contributed by atoms with Gasteiger partial charge >= 0.3 is 0 Å². The van der Waals surface area contributed by atoms with E-state index >= 15 is 0 Å². The topological polar surface area (TPSA) is 55.1 Å². The number of aliphatic hydroxyl groups is 1. The molecule has 0 amide bonds. The van der Waals surface area contributed by atoms with Gasteiger partial charge in [-0.1, -0.05) is 0 Å². The molecule has 1 saturated carbocycles. The minimum atomic E-state index is -0.732. The van der Waals surface area contributed by atoms with Gasteiger partial charge in [-0.2, -0.15) is 5.10 Å². The summed E-state index contributed by atoms with van der Waals surface area (Å²) >= 11 is 0. The molecule has 1 aliphatic carbocycles. The van der Waals surface area contributed by atoms with Gasteiger partial charge in [-0.15, -0.1) is 0 Å². The summed E-state index contributed by atoms with van der Waals surface area (Å²) in [5.41, 5.74) is 0.180. The second-order valence-electron chi connectivity index (χ2n) is 5.32. The van der Waals surface area contributed by atoms with Crippen LogP contribution in [0.25, 0.3) is 0 Å². The van der Waals surface area contributed by atoms with Gasteiger partial charge in [-0.3, -0.25) is 9.48 Å². The summed E-state index contributed by atoms with van der Waals surface area (Å²) in [6, 6.07) is 2.29. The predicted octanol–water partition coefficient (Wildman–Crippen LogP) is 1.88. The van der Waals surface area contributed by atoms with Crippen molar-refractivity contribution in [1.82, 2.24) is 9.78 Å². The van der Waals surface area contributed by atoms with E-state index in [1.807, 2.05) is 16.9 Å². The molecule has 1 aromatic heterocycles. The molecule has 4 heteroatoms. The zero-order valence-electron chi connectivity index (χ0n) is 10.5. The van der Waals surface area contributed by atoms with Crippen LogP contribution in [0.1, 0.15) is 51.3 Å². The third kappa shape index (κ3) is 2.94. The van der Waals surface area contributed by atoms with Gasteiger partial charge in [0.25, 0.3) is 0 Å². The lowest BCUT2D eigenvalue weighted by Crippen LogP contribution is -2.36. The van der Waals surface area contributed by atoms with Crippen LogP contribution in [0.5, 0.6) is 0 Å². The van der Waals surface area contributed by atoms with Gasteiger partial charge in [-0.05, 0) is 32.8 Å². The van der Waals surface area contributed by atoms with Crippen molar-refractivity contribution in [2.45, 2.75) is 57.6 Å². The van der Waals surface area contributed by atoms with E-state index in [4.69, 9.17) is 0 Å². The monoisotopic (exact) mass is 236 g/mol. The van der Waals surface area contributed by atoms with Crippen LogP contribution in [0, 0.1) is 0 Å². The molecular weight excluding hydrogens is 216 g/mol. The first kappa shape index (κ1) is 12.3. The molecule has 0 atom stereocenters. The van der Waals surface area contributed by atoms with Gasteiger partial charge in [0.05, 0.1) is 11.3 Å². The summed E-state index contributed by atoms with van der Waals surface area (Å²) in [4.78, 5) is 11.2. The number of nitrogens with zero attached hydrogens (tertiary/aromatic N) is 2. The van der Waals surface area contributed by atoms with Gasteiger partial charge in [0.1, 0.15) is 5.78 Å². The van der Waals surface area contributed by atoms with E-state index in [0.29, 0.717) is 38.1 Å². The Morgan fingerprint density at radius 3 is 2.65 bits per heavy atom. The summed E-state index contributed by atoms with van der Waals surface area (Å²) in [5.74, 6) is 0.266. The Morgan fingerprint density at radius 1 is 1.47 bits per heavy atom. The van der Waals surface area contributed by atoms with Crippen molar-refractivity contribution in [1.29, 1.82) is 0 Å². The molecule has 17 heavy (non-hydrogen) atoms. The maximum atomic E-state index is 11.2. The van der Waals surface area contributed by atoms with Crippen LogP contribution in [0.2, 0.25) is 0 Å². The summed E-state index contributed by atoms with van der Waals surface area (Å²) < 4.78 is 1.90. The molecule has 2 rings (SSSR count). The number of hydrogen-bond donors (Lipinski definition) is 1. The highest BCUT2D eigenvalue weighted by atomic mass is 16.3. The van der Waals surface area contributed by atoms with Crippen LogP contribution >= 0.6 is 0 Å². The number of ketones is 1. The second-order valence-corrected chi connectivity index (χ2v) is 5.32. The van der Waals surface area contributed by atoms with Crippen molar-refractivity contribution in [3.05, 3.63) is 18.0 Å². The standard InChI is InChI=1S/C13H20N2O2/c1-10(2)15-8-5-11(14-15)9-13(17)6-3-12(16)4-7-13/h5,8,10,17H,3-4,6-7,9H2,1-2H3. The summed E-state index contributed by atoms with van der Waals surface area (Å²) in [5, 5.41) is 14.8. The summed E-state index contributed by atoms with van der Waals surface area (Å²) in [7, 11) is 0. The van der Waals surface area contributed by atoms with Crippen LogP contribution in [0.15, 0.2) is 12.3 Å². The van der Waals surface area contributed by atoms with Gasteiger partial charge in [0.15, 0.2) is 0 Å². The van der Waals surface area contributed by atoms with Gasteiger partial charge < -0.3 is 5.11 Å². The Kier molecular flexibility index (Phi) is 3.33. The van der Waals surface area contributed by atoms with Gasteiger partial charge in [-0.25, -0.2) is 0 Å². The molecule has 1 N–H and O–H groups in total. The normalized spacial score (nSPS) is 19.9. The highest BCUT2D eigenvalue weighted by Crippen LogP contribution is 2.29. The van der Waals surface area contributed by atoms with Crippen LogP contribution in [0.4, 0.5) is 0 Å². The molecule has 0 radical (unpaired) electrons. The Labute approximate surface area is 102 Å². The van der Waals surface area contributed by atoms with E-state index in [1.54, 1.807) is 0 Å². The van der Waals surface area contributed by atoms with E-state index < -0.39 is 5.60 Å². The van der Waals surface area contributed by atoms with Crippen molar-refractivity contribution < 1.29 is 9.90 Å². The molecule has 1 aromatic rings. The van der Waals surface area contributed by atoms with Crippen molar-refractivity contribution in [2.75, 3.05) is 0 Å². The Balaban J connectivity index is 2.02. The fourth-order valence-corrected chi connectivity index (χ4v) is 2.27. The molecule has 1 fully saturated rings. The Bertz CT molecular complexity index is 399. The molecule has 0 aliphatic heterocycles. The Hall–Kier alpha value is -1.16. The minimum absolute atomic E-state index is 0.266. The summed E-state index contributed by atoms with van der Waals surface area (Å²) in [6.07, 6.45) is 4.64. The largest absolute Gasteiger partial charge is 0.389 e. The van der Waals surface area contributed by atoms with E-state index in [2.05, 4.69) is 18.9 Å². The van der Waals surface area contributed by atoms with Crippen molar-refractivity contribution >= 4 is 5.78 Å². The van der Waals surface area contributed by atoms with E-state index in [9.17, 15) is 9.90 Å². The zero-order chi connectivity index (χ0) is 12.5. The lowest BCUT2D eigenvalue weighted by Gasteiger charge is -2.30. The highest BCUT2D eigenvalue weighted by Gasteiger charge is 2.33. The molecule has 1 heterocycles. The van der Waals surface area contributed by atoms with Crippen molar-refractivity contribution in [3.8, 4) is 0 Å². The number of carbonyl (C=O) groups excluding carboxylic acids is 1. The highest BCUT2D eigenvalue weighted by molar-refractivity contribution is 5.79. The lowest BCUT2D eigenvalue weighted by atomic mass is 9.81.